The van der Waals surface area contributed by atoms with Gasteiger partial charge >= 0.3 is 0 Å². The molecule has 0 atom stereocenters. The summed E-state index contributed by atoms with van der Waals surface area (Å²) in [5.74, 6) is 1.60. The minimum absolute atomic E-state index is 0.165. The molecule has 11 heteroatoms. The lowest BCUT2D eigenvalue weighted by Gasteiger charge is -2.20. The molecule has 1 aromatic carbocycles. The Balaban J connectivity index is 1.56. The Morgan fingerprint density at radius 1 is 1.11 bits per heavy atom. The number of nitrogens with zero attached hydrogens (tertiary/aromatic N) is 4. The van der Waals surface area contributed by atoms with Gasteiger partial charge in [-0.2, -0.15) is 4.31 Å². The number of sulfonamides is 1. The Morgan fingerprint density at radius 3 is 2.69 bits per heavy atom. The lowest BCUT2D eigenvalue weighted by molar-refractivity contribution is 0.340. The van der Waals surface area contributed by atoms with E-state index in [1.165, 1.54) is 16.8 Å². The fraction of sp³-hybridized carbons (Fsp3) is 0.560. The average Bonchev–Trinajstić information content (AvgIpc) is 3.04. The van der Waals surface area contributed by atoms with Crippen molar-refractivity contribution in [3.05, 3.63) is 40.1 Å². The van der Waals surface area contributed by atoms with Crippen molar-refractivity contribution in [3.63, 3.8) is 0 Å². The maximum absolute atomic E-state index is 13.3. The van der Waals surface area contributed by atoms with Gasteiger partial charge in [-0.1, -0.05) is 19.3 Å². The molecule has 2 aromatic heterocycles. The molecule has 194 valence electrons. The summed E-state index contributed by atoms with van der Waals surface area (Å²) in [6, 6.07) is 4.75. The summed E-state index contributed by atoms with van der Waals surface area (Å²) in [5.41, 5.74) is 1.60. The van der Waals surface area contributed by atoms with Gasteiger partial charge < -0.3 is 15.0 Å². The molecule has 0 bridgehead atoms. The Labute approximate surface area is 211 Å². The summed E-state index contributed by atoms with van der Waals surface area (Å²) in [6.07, 6.45) is 6.34. The van der Waals surface area contributed by atoms with Crippen LogP contribution in [0.4, 0.5) is 0 Å². The summed E-state index contributed by atoms with van der Waals surface area (Å²) in [5, 5.41) is 7.94. The Bertz CT molecular complexity index is 1400. The second kappa shape index (κ2) is 10.3. The standard InChI is InChI=1S/C25H34N6O4S/c1-3-35-21-16-19(36(33,34)30-14-7-12-26-13-15-30)10-11-20(21)24-28-25(32)23-22(18-8-5-4-6-9-18)27-17(2)31(23)29-24/h10-11,16,18,26H,3-9,12-15H2,1-2H3,(H,28,29,32). The van der Waals surface area contributed by atoms with E-state index >= 15 is 0 Å². The van der Waals surface area contributed by atoms with E-state index < -0.39 is 10.0 Å². The zero-order valence-electron chi connectivity index (χ0n) is 20.9. The smallest absolute Gasteiger partial charge is 0.277 e. The van der Waals surface area contributed by atoms with Gasteiger partial charge in [-0.15, -0.1) is 5.10 Å². The topological polar surface area (TPSA) is 122 Å². The highest BCUT2D eigenvalue weighted by molar-refractivity contribution is 7.89. The van der Waals surface area contributed by atoms with E-state index in [1.54, 1.807) is 16.6 Å². The van der Waals surface area contributed by atoms with E-state index in [4.69, 9.17) is 14.8 Å². The first kappa shape index (κ1) is 24.9. The van der Waals surface area contributed by atoms with Crippen LogP contribution < -0.4 is 15.6 Å². The predicted molar refractivity (Wildman–Crippen MR) is 137 cm³/mol. The Hall–Kier alpha value is -2.76. The van der Waals surface area contributed by atoms with E-state index in [-0.39, 0.29) is 16.4 Å². The normalized spacial score (nSPS) is 18.4. The molecule has 5 rings (SSSR count). The molecule has 2 aliphatic rings. The van der Waals surface area contributed by atoms with Crippen molar-refractivity contribution in [2.45, 2.75) is 63.2 Å². The summed E-state index contributed by atoms with van der Waals surface area (Å²) < 4.78 is 35.6. The fourth-order valence-electron chi connectivity index (χ4n) is 5.30. The Morgan fingerprint density at radius 2 is 1.92 bits per heavy atom. The van der Waals surface area contributed by atoms with Gasteiger partial charge in [0, 0.05) is 31.6 Å². The number of ether oxygens (including phenoxy) is 1. The molecule has 2 fully saturated rings. The van der Waals surface area contributed by atoms with E-state index in [0.717, 1.165) is 44.3 Å². The van der Waals surface area contributed by atoms with Gasteiger partial charge in [-0.3, -0.25) is 4.79 Å². The fourth-order valence-corrected chi connectivity index (χ4v) is 6.79. The molecule has 0 amide bonds. The van der Waals surface area contributed by atoms with Gasteiger partial charge in [0.2, 0.25) is 10.0 Å². The van der Waals surface area contributed by atoms with Gasteiger partial charge in [0.15, 0.2) is 11.3 Å². The van der Waals surface area contributed by atoms with Crippen LogP contribution in [0.15, 0.2) is 27.9 Å². The van der Waals surface area contributed by atoms with Crippen LogP contribution in [-0.4, -0.2) is 65.1 Å². The number of nitrogens with one attached hydrogen (secondary N) is 2. The van der Waals surface area contributed by atoms with Crippen LogP contribution >= 0.6 is 0 Å². The highest BCUT2D eigenvalue weighted by Crippen LogP contribution is 2.35. The van der Waals surface area contributed by atoms with E-state index in [9.17, 15) is 13.2 Å². The molecule has 0 radical (unpaired) electrons. The molecule has 1 aliphatic carbocycles. The number of aromatic amines is 1. The molecular weight excluding hydrogens is 480 g/mol. The van der Waals surface area contributed by atoms with Gasteiger partial charge in [0.05, 0.1) is 22.8 Å². The van der Waals surface area contributed by atoms with E-state index in [0.29, 0.717) is 54.7 Å². The summed E-state index contributed by atoms with van der Waals surface area (Å²) in [7, 11) is -3.68. The summed E-state index contributed by atoms with van der Waals surface area (Å²) in [4.78, 5) is 21.1. The number of hydrogen-bond acceptors (Lipinski definition) is 7. The van der Waals surface area contributed by atoms with Crippen LogP contribution in [0.2, 0.25) is 0 Å². The minimum Gasteiger partial charge on any atom is -0.493 e. The molecule has 36 heavy (non-hydrogen) atoms. The number of rotatable bonds is 6. The maximum atomic E-state index is 13.3. The van der Waals surface area contributed by atoms with Crippen LogP contribution in [0.3, 0.4) is 0 Å². The minimum atomic E-state index is -3.68. The van der Waals surface area contributed by atoms with Crippen molar-refractivity contribution in [1.29, 1.82) is 0 Å². The molecule has 1 saturated carbocycles. The molecule has 0 spiro atoms. The lowest BCUT2D eigenvalue weighted by Crippen LogP contribution is -2.34. The van der Waals surface area contributed by atoms with E-state index in [1.807, 2.05) is 13.8 Å². The second-order valence-electron chi connectivity index (χ2n) is 9.54. The number of fused-ring (bicyclic) bond motifs is 1. The number of imidazole rings is 1. The van der Waals surface area contributed by atoms with Crippen molar-refractivity contribution >= 4 is 15.5 Å². The van der Waals surface area contributed by atoms with Crippen molar-refractivity contribution in [2.24, 2.45) is 0 Å². The van der Waals surface area contributed by atoms with Crippen molar-refractivity contribution < 1.29 is 13.2 Å². The number of aromatic nitrogens is 4. The SMILES string of the molecule is CCOc1cc(S(=O)(=O)N2CCCNCC2)ccc1-c1nn2c(C)nc(C3CCCCC3)c2c(=O)[nH]1. The van der Waals surface area contributed by atoms with E-state index in [2.05, 4.69) is 10.3 Å². The zero-order chi connectivity index (χ0) is 25.3. The summed E-state index contributed by atoms with van der Waals surface area (Å²) >= 11 is 0. The molecule has 3 heterocycles. The highest BCUT2D eigenvalue weighted by atomic mass is 32.2. The molecule has 10 nitrogen and oxygen atoms in total. The van der Waals surface area contributed by atoms with Crippen LogP contribution in [0.1, 0.15) is 62.9 Å². The number of aryl methyl sites for hydroxylation is 1. The first-order valence-electron chi connectivity index (χ1n) is 12.9. The zero-order valence-corrected chi connectivity index (χ0v) is 21.7. The van der Waals surface area contributed by atoms with Crippen LogP contribution in [-0.2, 0) is 10.0 Å². The van der Waals surface area contributed by atoms with Gasteiger partial charge in [0.1, 0.15) is 11.6 Å². The van der Waals surface area contributed by atoms with Crippen molar-refractivity contribution in [1.82, 2.24) is 29.2 Å². The van der Waals surface area contributed by atoms with Crippen LogP contribution in [0.5, 0.6) is 5.75 Å². The molecule has 2 N–H and O–H groups in total. The third kappa shape index (κ3) is 4.67. The van der Waals surface area contributed by atoms with Gasteiger partial charge in [-0.25, -0.2) is 17.9 Å². The largest absolute Gasteiger partial charge is 0.493 e. The quantitative estimate of drug-likeness (QED) is 0.519. The van der Waals surface area contributed by atoms with Gasteiger partial charge in [0.25, 0.3) is 5.56 Å². The molecule has 3 aromatic rings. The molecular formula is C25H34N6O4S. The lowest BCUT2D eigenvalue weighted by atomic mass is 9.87. The predicted octanol–water partition coefficient (Wildman–Crippen LogP) is 2.82. The van der Waals surface area contributed by atoms with Crippen LogP contribution in [0, 0.1) is 6.92 Å². The molecule has 1 saturated heterocycles. The Kier molecular flexibility index (Phi) is 7.14. The maximum Gasteiger partial charge on any atom is 0.277 e. The third-order valence-corrected chi connectivity index (χ3v) is 9.02. The first-order chi connectivity index (χ1) is 17.4. The van der Waals surface area contributed by atoms with Gasteiger partial charge in [-0.05, 0) is 51.8 Å². The highest BCUT2D eigenvalue weighted by Gasteiger charge is 2.28. The number of H-pyrrole nitrogens is 1. The second-order valence-corrected chi connectivity index (χ2v) is 11.5. The van der Waals surface area contributed by atoms with Crippen molar-refractivity contribution in [3.8, 4) is 17.1 Å². The number of hydrogen-bond donors (Lipinski definition) is 2. The molecule has 1 aliphatic heterocycles. The van der Waals surface area contributed by atoms with Crippen molar-refractivity contribution in [2.75, 3.05) is 32.8 Å². The summed E-state index contributed by atoms with van der Waals surface area (Å²) in [6.45, 7) is 6.33. The number of benzene rings is 1. The van der Waals surface area contributed by atoms with Crippen LogP contribution in [0.25, 0.3) is 16.9 Å². The third-order valence-electron chi connectivity index (χ3n) is 7.13. The molecule has 0 unspecified atom stereocenters. The average molecular weight is 515 g/mol. The monoisotopic (exact) mass is 514 g/mol. The first-order valence-corrected chi connectivity index (χ1v) is 14.3.